The Labute approximate surface area is 124 Å². The molecule has 4 nitrogen and oxygen atoms in total. The molecule has 20 heavy (non-hydrogen) atoms. The van der Waals surface area contributed by atoms with Crippen LogP contribution in [0.3, 0.4) is 0 Å². The first-order chi connectivity index (χ1) is 9.24. The van der Waals surface area contributed by atoms with E-state index >= 15 is 0 Å². The third-order valence-electron chi connectivity index (χ3n) is 3.17. The largest absolute Gasteiger partial charge is 0.492 e. The average Bonchev–Trinajstić information content (AvgIpc) is 2.37. The van der Waals surface area contributed by atoms with E-state index in [1.807, 2.05) is 45.9 Å². The number of hydrogen-bond donors (Lipinski definition) is 2. The molecule has 1 aromatic carbocycles. The number of ether oxygens (including phenoxy) is 1. The van der Waals surface area contributed by atoms with Crippen molar-refractivity contribution in [2.75, 3.05) is 12.4 Å². The normalized spacial score (nSPS) is 13.1. The fraction of sp³-hybridized carbons (Fsp3) is 0.533. The minimum Gasteiger partial charge on any atom is -0.492 e. The van der Waals surface area contributed by atoms with E-state index in [9.17, 15) is 4.79 Å². The summed E-state index contributed by atoms with van der Waals surface area (Å²) in [5.41, 5.74) is 7.93. The highest BCUT2D eigenvalue weighted by atomic mass is 32.2. The minimum atomic E-state index is -0.974. The molecule has 3 N–H and O–H groups in total. The number of carbonyl (C=O) groups is 1. The van der Waals surface area contributed by atoms with Gasteiger partial charge in [0.25, 0.3) is 0 Å². The number of rotatable bonds is 7. The van der Waals surface area contributed by atoms with Crippen LogP contribution < -0.4 is 10.5 Å². The van der Waals surface area contributed by atoms with Crippen molar-refractivity contribution in [3.8, 4) is 5.75 Å². The molecular weight excluding hydrogens is 274 g/mol. The summed E-state index contributed by atoms with van der Waals surface area (Å²) in [6.07, 6.45) is 0. The number of aliphatic carboxylic acids is 1. The van der Waals surface area contributed by atoms with Crippen molar-refractivity contribution in [3.05, 3.63) is 29.3 Å². The van der Waals surface area contributed by atoms with Gasteiger partial charge in [-0.3, -0.25) is 4.79 Å². The van der Waals surface area contributed by atoms with Gasteiger partial charge in [-0.1, -0.05) is 12.1 Å². The van der Waals surface area contributed by atoms with Gasteiger partial charge in [0.15, 0.2) is 0 Å². The third kappa shape index (κ3) is 4.72. The van der Waals surface area contributed by atoms with Gasteiger partial charge in [-0.25, -0.2) is 0 Å². The minimum absolute atomic E-state index is 0.517. The van der Waals surface area contributed by atoms with Crippen LogP contribution in [0.4, 0.5) is 0 Å². The predicted octanol–water partition coefficient (Wildman–Crippen LogP) is 2.61. The second-order valence-electron chi connectivity index (χ2n) is 5.39. The Hall–Kier alpha value is -1.20. The molecule has 0 amide bonds. The van der Waals surface area contributed by atoms with Crippen LogP contribution in [0.25, 0.3) is 0 Å². The van der Waals surface area contributed by atoms with Gasteiger partial charge in [0.2, 0.25) is 0 Å². The summed E-state index contributed by atoms with van der Waals surface area (Å²) in [7, 11) is 0. The zero-order valence-electron chi connectivity index (χ0n) is 12.5. The first-order valence-electron chi connectivity index (χ1n) is 6.56. The van der Waals surface area contributed by atoms with Crippen LogP contribution in [0, 0.1) is 13.8 Å². The Morgan fingerprint density at radius 2 is 2.10 bits per heavy atom. The van der Waals surface area contributed by atoms with Crippen molar-refractivity contribution < 1.29 is 14.6 Å². The molecule has 0 spiro atoms. The molecule has 0 aliphatic carbocycles. The maximum absolute atomic E-state index is 10.9. The summed E-state index contributed by atoms with van der Waals surface area (Å²) in [6, 6.07) is 5.20. The highest BCUT2D eigenvalue weighted by molar-refractivity contribution is 8.00. The lowest BCUT2D eigenvalue weighted by atomic mass is 10.1. The van der Waals surface area contributed by atoms with Crippen LogP contribution in [-0.4, -0.2) is 34.2 Å². The van der Waals surface area contributed by atoms with Gasteiger partial charge >= 0.3 is 5.97 Å². The monoisotopic (exact) mass is 297 g/mol. The smallest absolute Gasteiger partial charge is 0.321 e. The molecule has 112 valence electrons. The molecule has 0 unspecified atom stereocenters. The standard InChI is InChI=1S/C15H23NO3S/c1-10-5-6-11(2)12(9-10)19-7-8-20-15(3,4)13(16)14(17)18/h5-6,9,13H,7-8,16H2,1-4H3,(H,17,18)/t13-/m1/s1. The van der Waals surface area contributed by atoms with Crippen LogP contribution in [0.1, 0.15) is 25.0 Å². The van der Waals surface area contributed by atoms with Gasteiger partial charge in [-0.2, -0.15) is 0 Å². The van der Waals surface area contributed by atoms with Crippen molar-refractivity contribution in [2.45, 2.75) is 38.5 Å². The highest BCUT2D eigenvalue weighted by Crippen LogP contribution is 2.27. The average molecular weight is 297 g/mol. The van der Waals surface area contributed by atoms with Crippen LogP contribution in [0.2, 0.25) is 0 Å². The molecule has 0 fully saturated rings. The van der Waals surface area contributed by atoms with Crippen LogP contribution in [0.15, 0.2) is 18.2 Å². The number of benzene rings is 1. The van der Waals surface area contributed by atoms with Gasteiger partial charge in [0, 0.05) is 10.5 Å². The zero-order chi connectivity index (χ0) is 15.3. The molecule has 1 rings (SSSR count). The van der Waals surface area contributed by atoms with E-state index in [1.165, 1.54) is 11.8 Å². The molecule has 0 saturated carbocycles. The van der Waals surface area contributed by atoms with E-state index in [0.717, 1.165) is 16.9 Å². The van der Waals surface area contributed by atoms with Crippen molar-refractivity contribution in [1.29, 1.82) is 0 Å². The molecule has 0 bridgehead atoms. The van der Waals surface area contributed by atoms with Gasteiger partial charge in [-0.15, -0.1) is 11.8 Å². The lowest BCUT2D eigenvalue weighted by Crippen LogP contribution is -2.47. The Bertz CT molecular complexity index is 474. The molecule has 0 aliphatic rings. The van der Waals surface area contributed by atoms with E-state index in [4.69, 9.17) is 15.6 Å². The fourth-order valence-corrected chi connectivity index (χ4v) is 2.68. The fourth-order valence-electron chi connectivity index (χ4n) is 1.71. The topological polar surface area (TPSA) is 72.5 Å². The van der Waals surface area contributed by atoms with E-state index in [2.05, 4.69) is 0 Å². The first-order valence-corrected chi connectivity index (χ1v) is 7.55. The number of hydrogen-bond acceptors (Lipinski definition) is 4. The van der Waals surface area contributed by atoms with Crippen molar-refractivity contribution in [1.82, 2.24) is 0 Å². The summed E-state index contributed by atoms with van der Waals surface area (Å²) < 4.78 is 5.23. The molecular formula is C15H23NO3S. The second-order valence-corrected chi connectivity index (χ2v) is 7.13. The summed E-state index contributed by atoms with van der Waals surface area (Å²) in [5.74, 6) is 0.602. The van der Waals surface area contributed by atoms with Crippen molar-refractivity contribution in [3.63, 3.8) is 0 Å². The number of carboxylic acid groups (broad SMARTS) is 1. The molecule has 1 aromatic rings. The maximum atomic E-state index is 10.9. The van der Waals surface area contributed by atoms with E-state index in [1.54, 1.807) is 0 Å². The highest BCUT2D eigenvalue weighted by Gasteiger charge is 2.32. The van der Waals surface area contributed by atoms with Gasteiger partial charge in [-0.05, 0) is 44.9 Å². The Morgan fingerprint density at radius 1 is 1.45 bits per heavy atom. The lowest BCUT2D eigenvalue weighted by molar-refractivity contribution is -0.139. The van der Waals surface area contributed by atoms with E-state index in [0.29, 0.717) is 12.4 Å². The second kappa shape index (κ2) is 6.99. The number of thioether (sulfide) groups is 1. The molecule has 0 heterocycles. The number of aryl methyl sites for hydroxylation is 2. The third-order valence-corrected chi connectivity index (χ3v) is 4.54. The summed E-state index contributed by atoms with van der Waals surface area (Å²) >= 11 is 1.51. The van der Waals surface area contributed by atoms with Crippen LogP contribution in [0.5, 0.6) is 5.75 Å². The van der Waals surface area contributed by atoms with E-state index in [-0.39, 0.29) is 0 Å². The summed E-state index contributed by atoms with van der Waals surface area (Å²) in [6.45, 7) is 8.25. The zero-order valence-corrected chi connectivity index (χ0v) is 13.3. The molecule has 0 saturated heterocycles. The maximum Gasteiger partial charge on any atom is 0.321 e. The predicted molar refractivity (Wildman–Crippen MR) is 83.6 cm³/mol. The summed E-state index contributed by atoms with van der Waals surface area (Å²) in [5, 5.41) is 8.95. The van der Waals surface area contributed by atoms with Gasteiger partial charge in [0.05, 0.1) is 6.61 Å². The molecule has 0 aliphatic heterocycles. The molecule has 5 heteroatoms. The molecule has 1 atom stereocenters. The first kappa shape index (κ1) is 16.9. The van der Waals surface area contributed by atoms with Crippen molar-refractivity contribution in [2.24, 2.45) is 5.73 Å². The Balaban J connectivity index is 2.45. The Kier molecular flexibility index (Phi) is 5.89. The van der Waals surface area contributed by atoms with Crippen molar-refractivity contribution >= 4 is 17.7 Å². The van der Waals surface area contributed by atoms with E-state index < -0.39 is 16.8 Å². The number of nitrogens with two attached hydrogens (primary N) is 1. The van der Waals surface area contributed by atoms with Crippen LogP contribution in [-0.2, 0) is 4.79 Å². The van der Waals surface area contributed by atoms with Gasteiger partial charge < -0.3 is 15.6 Å². The lowest BCUT2D eigenvalue weighted by Gasteiger charge is -2.27. The Morgan fingerprint density at radius 3 is 2.70 bits per heavy atom. The summed E-state index contributed by atoms with van der Waals surface area (Å²) in [4.78, 5) is 10.9. The van der Waals surface area contributed by atoms with Crippen LogP contribution >= 0.6 is 11.8 Å². The molecule has 0 aromatic heterocycles. The number of carboxylic acids is 1. The van der Waals surface area contributed by atoms with Gasteiger partial charge in [0.1, 0.15) is 11.8 Å². The quantitative estimate of drug-likeness (QED) is 0.757. The SMILES string of the molecule is Cc1ccc(C)c(OCCSC(C)(C)[C@H](N)C(=O)O)c1. The molecule has 0 radical (unpaired) electrons.